The van der Waals surface area contributed by atoms with E-state index in [1.807, 2.05) is 11.4 Å². The lowest BCUT2D eigenvalue weighted by Gasteiger charge is -2.28. The van der Waals surface area contributed by atoms with Gasteiger partial charge >= 0.3 is 0 Å². The Bertz CT molecular complexity index is 592. The normalized spacial score (nSPS) is 17.5. The van der Waals surface area contributed by atoms with E-state index in [-0.39, 0.29) is 0 Å². The van der Waals surface area contributed by atoms with Gasteiger partial charge in [-0.3, -0.25) is 0 Å². The first-order valence-electron chi connectivity index (χ1n) is 7.81. The smallest absolute Gasteiger partial charge is 0.224 e. The molecule has 0 radical (unpaired) electrons. The van der Waals surface area contributed by atoms with Gasteiger partial charge in [-0.2, -0.15) is 4.98 Å². The molecule has 2 aliphatic rings. The number of anilines is 1. The van der Waals surface area contributed by atoms with E-state index in [4.69, 9.17) is 26.2 Å². The topological polar surface area (TPSA) is 79.7 Å². The summed E-state index contributed by atoms with van der Waals surface area (Å²) in [7, 11) is 1.00. The molecule has 0 spiro atoms. The molecule has 0 unspecified atom stereocenters. The van der Waals surface area contributed by atoms with Gasteiger partial charge in [-0.15, -0.1) is 11.3 Å². The molecule has 0 atom stereocenters. The maximum absolute atomic E-state index is 7.00. The van der Waals surface area contributed by atoms with E-state index in [1.54, 1.807) is 11.3 Å². The van der Waals surface area contributed by atoms with Gasteiger partial charge in [0.1, 0.15) is 0 Å². The summed E-state index contributed by atoms with van der Waals surface area (Å²) in [4.78, 5) is 10.7. The average molecular weight is 375 g/mol. The fourth-order valence-electron chi connectivity index (χ4n) is 2.33. The van der Waals surface area contributed by atoms with Crippen LogP contribution in [0.2, 0.25) is 5.28 Å². The Kier molecular flexibility index (Phi) is 8.65. The number of aromatic nitrogens is 2. The highest BCUT2D eigenvalue weighted by Gasteiger charge is 2.17. The predicted octanol–water partition coefficient (Wildman–Crippen LogP) is 1.40. The maximum Gasteiger partial charge on any atom is 0.224 e. The number of aliphatic hydroxyl groups is 1. The van der Waals surface area contributed by atoms with E-state index in [0.29, 0.717) is 5.28 Å². The standard InChI is InChI=1S/C10H10ClN3OS.C4H9NO.CH4O/c11-10-12-7-1-6-16-8(7)9(13-10)14-2-4-15-5-3-14;1-3-6-4-2-5-1;1-2/h1,6H,2-5H2;5H,1-4H2;2H,1H3. The molecule has 0 aromatic carbocycles. The minimum atomic E-state index is 0.312. The van der Waals surface area contributed by atoms with Crippen molar-refractivity contribution in [1.29, 1.82) is 0 Å². The van der Waals surface area contributed by atoms with Crippen molar-refractivity contribution < 1.29 is 14.6 Å². The van der Waals surface area contributed by atoms with Crippen molar-refractivity contribution in [1.82, 2.24) is 15.3 Å². The van der Waals surface area contributed by atoms with Gasteiger partial charge in [-0.25, -0.2) is 4.98 Å². The van der Waals surface area contributed by atoms with Gasteiger partial charge in [-0.05, 0) is 23.0 Å². The molecule has 0 saturated carbocycles. The average Bonchev–Trinajstić information content (AvgIpc) is 3.14. The maximum atomic E-state index is 7.00. The van der Waals surface area contributed by atoms with Crippen LogP contribution < -0.4 is 10.2 Å². The SMILES string of the molecule is C1COCCN1.CO.Clc1nc(N2CCOCC2)c2sccc2n1. The number of thiophene rings is 1. The lowest BCUT2D eigenvalue weighted by Crippen LogP contribution is -2.36. The first-order chi connectivity index (χ1) is 11.8. The van der Waals surface area contributed by atoms with Gasteiger partial charge in [0, 0.05) is 33.3 Å². The van der Waals surface area contributed by atoms with Crippen molar-refractivity contribution >= 4 is 39.0 Å². The van der Waals surface area contributed by atoms with Crippen molar-refractivity contribution in [2.75, 3.05) is 64.6 Å². The van der Waals surface area contributed by atoms with Gasteiger partial charge in [0.2, 0.25) is 5.28 Å². The van der Waals surface area contributed by atoms with Gasteiger partial charge in [-0.1, -0.05) is 0 Å². The Morgan fingerprint density at radius 3 is 2.38 bits per heavy atom. The number of nitrogens with zero attached hydrogens (tertiary/aromatic N) is 3. The Hall–Kier alpha value is -1.03. The molecule has 2 aliphatic heterocycles. The zero-order valence-electron chi connectivity index (χ0n) is 13.7. The van der Waals surface area contributed by atoms with Crippen LogP contribution in [0, 0.1) is 0 Å². The Labute approximate surface area is 150 Å². The molecule has 24 heavy (non-hydrogen) atoms. The number of morpholine rings is 2. The zero-order chi connectivity index (χ0) is 17.2. The molecular weight excluding hydrogens is 352 g/mol. The molecule has 4 heterocycles. The molecule has 0 aliphatic carbocycles. The minimum absolute atomic E-state index is 0.312. The molecule has 2 N–H and O–H groups in total. The molecule has 2 aromatic heterocycles. The van der Waals surface area contributed by atoms with E-state index in [9.17, 15) is 0 Å². The van der Waals surface area contributed by atoms with Gasteiger partial charge in [0.25, 0.3) is 0 Å². The van der Waals surface area contributed by atoms with E-state index in [2.05, 4.69) is 20.2 Å². The number of ether oxygens (including phenoxy) is 2. The van der Waals surface area contributed by atoms with Crippen LogP contribution >= 0.6 is 22.9 Å². The Balaban J connectivity index is 0.000000219. The van der Waals surface area contributed by atoms with Crippen LogP contribution in [0.1, 0.15) is 0 Å². The summed E-state index contributed by atoms with van der Waals surface area (Å²) in [6.07, 6.45) is 0. The van der Waals surface area contributed by atoms with Crippen molar-refractivity contribution in [2.45, 2.75) is 0 Å². The third-order valence-corrected chi connectivity index (χ3v) is 4.48. The number of rotatable bonds is 1. The molecular formula is C15H23ClN4O3S. The Morgan fingerprint density at radius 1 is 1.12 bits per heavy atom. The summed E-state index contributed by atoms with van der Waals surface area (Å²) in [5.74, 6) is 0.938. The summed E-state index contributed by atoms with van der Waals surface area (Å²) < 4.78 is 11.4. The molecule has 0 bridgehead atoms. The van der Waals surface area contributed by atoms with Gasteiger partial charge in [0.15, 0.2) is 5.82 Å². The second-order valence-corrected chi connectivity index (χ2v) is 6.17. The summed E-state index contributed by atoms with van der Waals surface area (Å²) in [6.45, 7) is 7.05. The van der Waals surface area contributed by atoms with Crippen LogP contribution in [0.5, 0.6) is 0 Å². The van der Waals surface area contributed by atoms with E-state index in [1.165, 1.54) is 0 Å². The van der Waals surface area contributed by atoms with Crippen LogP contribution in [0.4, 0.5) is 5.82 Å². The molecule has 4 rings (SSSR count). The highest BCUT2D eigenvalue weighted by molar-refractivity contribution is 7.17. The third kappa shape index (κ3) is 5.51. The number of halogens is 1. The molecule has 2 aromatic rings. The number of fused-ring (bicyclic) bond motifs is 1. The molecule has 7 nitrogen and oxygen atoms in total. The van der Waals surface area contributed by atoms with Crippen LogP contribution in [0.3, 0.4) is 0 Å². The quantitative estimate of drug-likeness (QED) is 0.730. The second kappa shape index (κ2) is 10.8. The van der Waals surface area contributed by atoms with E-state index in [0.717, 1.165) is 75.8 Å². The first kappa shape index (κ1) is 19.3. The van der Waals surface area contributed by atoms with Crippen molar-refractivity contribution in [3.8, 4) is 0 Å². The van der Waals surface area contributed by atoms with Gasteiger partial charge < -0.3 is 24.8 Å². The summed E-state index contributed by atoms with van der Waals surface area (Å²) >= 11 is 7.57. The van der Waals surface area contributed by atoms with Crippen molar-refractivity contribution in [3.63, 3.8) is 0 Å². The van der Waals surface area contributed by atoms with Crippen LogP contribution in [0.25, 0.3) is 10.2 Å². The molecule has 9 heteroatoms. The van der Waals surface area contributed by atoms with E-state index >= 15 is 0 Å². The first-order valence-corrected chi connectivity index (χ1v) is 9.07. The minimum Gasteiger partial charge on any atom is -0.400 e. The molecule has 2 saturated heterocycles. The molecule has 134 valence electrons. The highest BCUT2D eigenvalue weighted by atomic mass is 35.5. The number of nitrogens with one attached hydrogen (secondary N) is 1. The fourth-order valence-corrected chi connectivity index (χ4v) is 3.34. The highest BCUT2D eigenvalue weighted by Crippen LogP contribution is 2.30. The summed E-state index contributed by atoms with van der Waals surface area (Å²) in [5.41, 5.74) is 0.923. The lowest BCUT2D eigenvalue weighted by molar-refractivity contribution is 0.109. The zero-order valence-corrected chi connectivity index (χ0v) is 15.3. The number of hydrogen-bond acceptors (Lipinski definition) is 8. The van der Waals surface area contributed by atoms with Crippen LogP contribution in [-0.2, 0) is 9.47 Å². The third-order valence-electron chi connectivity index (χ3n) is 3.42. The van der Waals surface area contributed by atoms with E-state index < -0.39 is 0 Å². The van der Waals surface area contributed by atoms with Crippen molar-refractivity contribution in [3.05, 3.63) is 16.7 Å². The monoisotopic (exact) mass is 374 g/mol. The lowest BCUT2D eigenvalue weighted by atomic mass is 10.3. The summed E-state index contributed by atoms with van der Waals surface area (Å²) in [6, 6.07) is 1.97. The van der Waals surface area contributed by atoms with Crippen LogP contribution in [0.15, 0.2) is 11.4 Å². The van der Waals surface area contributed by atoms with Crippen LogP contribution in [-0.4, -0.2) is 74.8 Å². The number of hydrogen-bond donors (Lipinski definition) is 2. The number of aliphatic hydroxyl groups excluding tert-OH is 1. The Morgan fingerprint density at radius 2 is 1.79 bits per heavy atom. The fraction of sp³-hybridized carbons (Fsp3) is 0.600. The molecule has 0 amide bonds. The van der Waals surface area contributed by atoms with Crippen molar-refractivity contribution in [2.24, 2.45) is 0 Å². The molecule has 2 fully saturated rings. The predicted molar refractivity (Wildman–Crippen MR) is 97.3 cm³/mol. The largest absolute Gasteiger partial charge is 0.400 e. The second-order valence-electron chi connectivity index (χ2n) is 4.91. The van der Waals surface area contributed by atoms with Gasteiger partial charge in [0.05, 0.1) is 36.6 Å². The summed E-state index contributed by atoms with van der Waals surface area (Å²) in [5, 5.41) is 12.5.